The van der Waals surface area contributed by atoms with Gasteiger partial charge in [-0.2, -0.15) is 0 Å². The zero-order chi connectivity index (χ0) is 12.3. The summed E-state index contributed by atoms with van der Waals surface area (Å²) < 4.78 is 44.0. The number of benzene rings is 1. The lowest BCUT2D eigenvalue weighted by molar-refractivity contribution is -0.870. The predicted octanol–water partition coefficient (Wildman–Crippen LogP) is 2.19. The van der Waals surface area contributed by atoms with Gasteiger partial charge in [-0.1, -0.05) is 0 Å². The number of hydrogen-bond donors (Lipinski definition) is 0. The molecule has 1 aromatic rings. The van der Waals surface area contributed by atoms with Crippen LogP contribution in [0.15, 0.2) is 12.1 Å². The lowest BCUT2D eigenvalue weighted by Crippen LogP contribution is -2.38. The fourth-order valence-corrected chi connectivity index (χ4v) is 1.05. The number of quaternary nitrogens is 1. The molecular weight excluding hydrogens is 219 g/mol. The van der Waals surface area contributed by atoms with Crippen molar-refractivity contribution in [1.29, 1.82) is 0 Å². The van der Waals surface area contributed by atoms with Crippen molar-refractivity contribution in [3.05, 3.63) is 29.6 Å². The van der Waals surface area contributed by atoms with Crippen molar-refractivity contribution < 1.29 is 22.4 Å². The van der Waals surface area contributed by atoms with E-state index in [2.05, 4.69) is 0 Å². The van der Waals surface area contributed by atoms with E-state index >= 15 is 0 Å². The molecule has 16 heavy (non-hydrogen) atoms. The summed E-state index contributed by atoms with van der Waals surface area (Å²) in [4.78, 5) is 0. The van der Waals surface area contributed by atoms with Crippen LogP contribution in [0.2, 0.25) is 0 Å². The molecule has 0 heterocycles. The maximum Gasteiger partial charge on any atom is 0.194 e. The highest BCUT2D eigenvalue weighted by atomic mass is 19.2. The van der Waals surface area contributed by atoms with Gasteiger partial charge in [-0.15, -0.1) is 0 Å². The van der Waals surface area contributed by atoms with Gasteiger partial charge >= 0.3 is 0 Å². The molecule has 2 nitrogen and oxygen atoms in total. The molecule has 5 heteroatoms. The van der Waals surface area contributed by atoms with Crippen LogP contribution in [0.3, 0.4) is 0 Å². The second-order valence-corrected chi connectivity index (χ2v) is 4.56. The van der Waals surface area contributed by atoms with Gasteiger partial charge in [0.1, 0.15) is 18.9 Å². The Morgan fingerprint density at radius 3 is 2.00 bits per heavy atom. The lowest BCUT2D eigenvalue weighted by Gasteiger charge is -2.23. The van der Waals surface area contributed by atoms with Gasteiger partial charge in [0, 0.05) is 12.1 Å². The van der Waals surface area contributed by atoms with E-state index < -0.39 is 17.5 Å². The second kappa shape index (κ2) is 4.74. The van der Waals surface area contributed by atoms with Gasteiger partial charge in [0.15, 0.2) is 17.5 Å². The first kappa shape index (κ1) is 12.8. The van der Waals surface area contributed by atoms with Crippen molar-refractivity contribution in [2.75, 3.05) is 34.3 Å². The molecule has 0 saturated heterocycles. The minimum atomic E-state index is -1.47. The van der Waals surface area contributed by atoms with Gasteiger partial charge < -0.3 is 9.22 Å². The summed E-state index contributed by atoms with van der Waals surface area (Å²) in [7, 11) is 5.90. The Hall–Kier alpha value is -1.23. The molecule has 0 spiro atoms. The third kappa shape index (κ3) is 3.73. The largest absolute Gasteiger partial charge is 0.487 e. The summed E-state index contributed by atoms with van der Waals surface area (Å²) in [6.45, 7) is 0.995. The zero-order valence-electron chi connectivity index (χ0n) is 9.56. The summed E-state index contributed by atoms with van der Waals surface area (Å²) in [5.74, 6) is -3.94. The molecule has 0 aliphatic carbocycles. The summed E-state index contributed by atoms with van der Waals surface area (Å²) in [5, 5.41) is 0. The first-order valence-electron chi connectivity index (χ1n) is 4.87. The highest BCUT2D eigenvalue weighted by molar-refractivity contribution is 5.24. The van der Waals surface area contributed by atoms with Crippen molar-refractivity contribution in [1.82, 2.24) is 0 Å². The topological polar surface area (TPSA) is 9.23 Å². The van der Waals surface area contributed by atoms with Crippen molar-refractivity contribution in [2.45, 2.75) is 0 Å². The number of rotatable bonds is 4. The Morgan fingerprint density at radius 2 is 1.56 bits per heavy atom. The monoisotopic (exact) mass is 234 g/mol. The first-order chi connectivity index (χ1) is 7.29. The van der Waals surface area contributed by atoms with Crippen molar-refractivity contribution >= 4 is 0 Å². The lowest BCUT2D eigenvalue weighted by atomic mass is 10.3. The van der Waals surface area contributed by atoms with Gasteiger partial charge in [0.25, 0.3) is 0 Å². The number of nitrogens with zero attached hydrogens (tertiary/aromatic N) is 1. The molecule has 1 rings (SSSR count). The van der Waals surface area contributed by atoms with Gasteiger partial charge in [-0.05, 0) is 0 Å². The van der Waals surface area contributed by atoms with Gasteiger partial charge in [0.2, 0.25) is 0 Å². The van der Waals surface area contributed by atoms with Crippen LogP contribution in [0.4, 0.5) is 13.2 Å². The Labute approximate surface area is 92.8 Å². The Bertz CT molecular complexity index is 351. The van der Waals surface area contributed by atoms with E-state index in [4.69, 9.17) is 4.74 Å². The second-order valence-electron chi connectivity index (χ2n) is 4.56. The summed E-state index contributed by atoms with van der Waals surface area (Å²) in [6, 6.07) is 1.68. The standard InChI is InChI=1S/C11H15F3NO/c1-15(2,3)4-5-16-8-6-9(12)11(14)10(13)7-8/h6-7H,4-5H2,1-3H3/q+1. The normalized spacial score (nSPS) is 11.6. The molecule has 0 atom stereocenters. The molecule has 0 N–H and O–H groups in total. The molecule has 0 radical (unpaired) electrons. The highest BCUT2D eigenvalue weighted by Gasteiger charge is 2.12. The quantitative estimate of drug-likeness (QED) is 0.573. The summed E-state index contributed by atoms with van der Waals surface area (Å²) in [5.41, 5.74) is 0. The highest BCUT2D eigenvalue weighted by Crippen LogP contribution is 2.19. The van der Waals surface area contributed by atoms with E-state index in [1.165, 1.54) is 0 Å². The minimum absolute atomic E-state index is 0.00449. The maximum absolute atomic E-state index is 12.8. The van der Waals surface area contributed by atoms with Crippen LogP contribution in [0, 0.1) is 17.5 Å². The van der Waals surface area contributed by atoms with Crippen molar-refractivity contribution in [2.24, 2.45) is 0 Å². The molecule has 0 aliphatic heterocycles. The van der Waals surface area contributed by atoms with Crippen LogP contribution < -0.4 is 4.74 Å². The number of likely N-dealkylation sites (N-methyl/N-ethyl adjacent to an activating group) is 1. The van der Waals surface area contributed by atoms with Crippen LogP contribution in [0.25, 0.3) is 0 Å². The first-order valence-corrected chi connectivity index (χ1v) is 4.87. The third-order valence-electron chi connectivity index (χ3n) is 1.99. The molecule has 0 unspecified atom stereocenters. The van der Waals surface area contributed by atoms with Gasteiger partial charge in [-0.3, -0.25) is 0 Å². The molecule has 90 valence electrons. The SMILES string of the molecule is C[N+](C)(C)CCOc1cc(F)c(F)c(F)c1. The average Bonchev–Trinajstić information content (AvgIpc) is 2.12. The fraction of sp³-hybridized carbons (Fsp3) is 0.455. The molecule has 0 aromatic heterocycles. The van der Waals surface area contributed by atoms with E-state index in [1.54, 1.807) is 0 Å². The van der Waals surface area contributed by atoms with Crippen molar-refractivity contribution in [3.8, 4) is 5.75 Å². The van der Waals surface area contributed by atoms with Crippen LogP contribution in [-0.2, 0) is 0 Å². The molecular formula is C11H15F3NO+. The van der Waals surface area contributed by atoms with E-state index in [-0.39, 0.29) is 5.75 Å². The van der Waals surface area contributed by atoms with Crippen LogP contribution >= 0.6 is 0 Å². The Kier molecular flexibility index (Phi) is 3.80. The molecule has 0 bridgehead atoms. The number of hydrogen-bond acceptors (Lipinski definition) is 1. The van der Waals surface area contributed by atoms with Gasteiger partial charge in [-0.25, -0.2) is 13.2 Å². The smallest absolute Gasteiger partial charge is 0.194 e. The number of halogens is 3. The van der Waals surface area contributed by atoms with Crippen LogP contribution in [0.1, 0.15) is 0 Å². The van der Waals surface area contributed by atoms with Gasteiger partial charge in [0.05, 0.1) is 21.1 Å². The Balaban J connectivity index is 2.62. The van der Waals surface area contributed by atoms with Crippen molar-refractivity contribution in [3.63, 3.8) is 0 Å². The minimum Gasteiger partial charge on any atom is -0.487 e. The molecule has 0 aliphatic rings. The fourth-order valence-electron chi connectivity index (χ4n) is 1.05. The number of ether oxygens (including phenoxy) is 1. The third-order valence-corrected chi connectivity index (χ3v) is 1.99. The summed E-state index contributed by atoms with van der Waals surface area (Å²) >= 11 is 0. The van der Waals surface area contributed by atoms with E-state index in [0.717, 1.165) is 12.1 Å². The van der Waals surface area contributed by atoms with E-state index in [9.17, 15) is 13.2 Å². The summed E-state index contributed by atoms with van der Waals surface area (Å²) in [6.07, 6.45) is 0. The Morgan fingerprint density at radius 1 is 1.06 bits per heavy atom. The maximum atomic E-state index is 12.8. The van der Waals surface area contributed by atoms with Crippen LogP contribution in [-0.4, -0.2) is 38.8 Å². The molecule has 0 fully saturated rings. The average molecular weight is 234 g/mol. The van der Waals surface area contributed by atoms with E-state index in [0.29, 0.717) is 17.6 Å². The molecule has 0 amide bonds. The van der Waals surface area contributed by atoms with Crippen LogP contribution in [0.5, 0.6) is 5.75 Å². The molecule has 1 aromatic carbocycles. The zero-order valence-corrected chi connectivity index (χ0v) is 9.56. The van der Waals surface area contributed by atoms with E-state index in [1.807, 2.05) is 21.1 Å². The molecule has 0 saturated carbocycles. The predicted molar refractivity (Wildman–Crippen MR) is 54.7 cm³/mol.